The average molecular weight is 370 g/mol. The number of aliphatic hydroxyl groups excluding tert-OH is 1. The second kappa shape index (κ2) is 6.89. The highest BCUT2D eigenvalue weighted by Crippen LogP contribution is 2.48. The Bertz CT molecular complexity index is 981. The molecule has 0 bridgehead atoms. The van der Waals surface area contributed by atoms with Crippen molar-refractivity contribution in [1.29, 1.82) is 0 Å². The molecule has 1 aromatic carbocycles. The number of hydrogen-bond acceptors (Lipinski definition) is 5. The van der Waals surface area contributed by atoms with E-state index in [9.17, 15) is 15.0 Å². The molecule has 5 heteroatoms. The Morgan fingerprint density at radius 1 is 1.37 bits per heavy atom. The van der Waals surface area contributed by atoms with E-state index in [0.29, 0.717) is 23.1 Å². The Kier molecular flexibility index (Phi) is 4.91. The molecule has 1 aromatic heterocycles. The minimum atomic E-state index is -1.07. The highest BCUT2D eigenvalue weighted by Gasteiger charge is 2.33. The zero-order valence-corrected chi connectivity index (χ0v) is 16.2. The smallest absolute Gasteiger partial charge is 0.336 e. The van der Waals surface area contributed by atoms with Gasteiger partial charge in [-0.3, -0.25) is 0 Å². The van der Waals surface area contributed by atoms with Crippen LogP contribution in [0.5, 0.6) is 11.5 Å². The summed E-state index contributed by atoms with van der Waals surface area (Å²) in [4.78, 5) is 12.2. The van der Waals surface area contributed by atoms with Crippen LogP contribution in [0.25, 0.3) is 17.0 Å². The Hall–Kier alpha value is -2.53. The van der Waals surface area contributed by atoms with Crippen LogP contribution in [-0.2, 0) is 6.42 Å². The summed E-state index contributed by atoms with van der Waals surface area (Å²) in [7, 11) is 0. The van der Waals surface area contributed by atoms with Gasteiger partial charge in [0.15, 0.2) is 5.58 Å². The first-order chi connectivity index (χ1) is 12.7. The number of hydrogen-bond donors (Lipinski definition) is 2. The molecule has 5 nitrogen and oxygen atoms in total. The van der Waals surface area contributed by atoms with Gasteiger partial charge in [0, 0.05) is 12.0 Å². The number of phenolic OH excluding ortho intramolecular Hbond substituents is 1. The molecule has 1 aliphatic heterocycles. The fraction of sp³-hybridized carbons (Fsp3) is 0.409. The fourth-order valence-electron chi connectivity index (χ4n) is 3.45. The molecule has 0 saturated carbocycles. The summed E-state index contributed by atoms with van der Waals surface area (Å²) in [6.45, 7) is 11.3. The molecule has 27 heavy (non-hydrogen) atoms. The second-order valence-corrected chi connectivity index (χ2v) is 7.63. The molecule has 0 unspecified atom stereocenters. The Morgan fingerprint density at radius 3 is 2.70 bits per heavy atom. The summed E-state index contributed by atoms with van der Waals surface area (Å²) in [5, 5.41) is 22.4. The van der Waals surface area contributed by atoms with Crippen LogP contribution >= 0.6 is 0 Å². The van der Waals surface area contributed by atoms with Crippen molar-refractivity contribution in [3.05, 3.63) is 51.9 Å². The molecule has 0 amide bonds. The van der Waals surface area contributed by atoms with E-state index in [2.05, 4.69) is 6.58 Å². The number of benzene rings is 1. The van der Waals surface area contributed by atoms with E-state index in [4.69, 9.17) is 9.15 Å². The largest absolute Gasteiger partial charge is 0.507 e. The lowest BCUT2D eigenvalue weighted by molar-refractivity contribution is 0.135. The standard InChI is InChI=1S/C22H26O5/c1-6-8-13-11-15(23)26-21-16(13)20-14(9-10-22(4,5)27-20)19(25)17(21)18(24)12(3)7-2/h7,9-12,18,24-25H,2,6,8H2,1,3-5H3/t12-,18-/m0/s1. The van der Waals surface area contributed by atoms with E-state index in [1.807, 2.05) is 26.8 Å². The number of aryl methyl sites for hydroxylation is 1. The molecule has 2 atom stereocenters. The molecule has 2 N–H and O–H groups in total. The van der Waals surface area contributed by atoms with Crippen molar-refractivity contribution in [2.45, 2.75) is 52.2 Å². The number of rotatable bonds is 5. The van der Waals surface area contributed by atoms with Gasteiger partial charge in [-0.05, 0) is 38.0 Å². The van der Waals surface area contributed by atoms with Crippen LogP contribution in [0.2, 0.25) is 0 Å². The Morgan fingerprint density at radius 2 is 2.07 bits per heavy atom. The minimum Gasteiger partial charge on any atom is -0.507 e. The van der Waals surface area contributed by atoms with Gasteiger partial charge < -0.3 is 19.4 Å². The van der Waals surface area contributed by atoms with Crippen molar-refractivity contribution in [1.82, 2.24) is 0 Å². The lowest BCUT2D eigenvalue weighted by Crippen LogP contribution is -2.28. The lowest BCUT2D eigenvalue weighted by atomic mass is 9.89. The van der Waals surface area contributed by atoms with E-state index in [0.717, 1.165) is 12.0 Å². The van der Waals surface area contributed by atoms with E-state index in [1.165, 1.54) is 6.07 Å². The monoisotopic (exact) mass is 370 g/mol. The molecule has 3 rings (SSSR count). The molecule has 2 aromatic rings. The summed E-state index contributed by atoms with van der Waals surface area (Å²) in [5.74, 6) is -0.00568. The van der Waals surface area contributed by atoms with Crippen molar-refractivity contribution >= 4 is 17.0 Å². The highest BCUT2D eigenvalue weighted by atomic mass is 16.5. The van der Waals surface area contributed by atoms with E-state index >= 15 is 0 Å². The quantitative estimate of drug-likeness (QED) is 0.599. The first kappa shape index (κ1) is 19.2. The van der Waals surface area contributed by atoms with Crippen molar-refractivity contribution < 1.29 is 19.4 Å². The molecule has 0 aliphatic carbocycles. The van der Waals surface area contributed by atoms with Gasteiger partial charge in [0.2, 0.25) is 0 Å². The zero-order chi connectivity index (χ0) is 19.9. The topological polar surface area (TPSA) is 79.9 Å². The molecule has 1 aliphatic rings. The molecule has 144 valence electrons. The maximum Gasteiger partial charge on any atom is 0.336 e. The van der Waals surface area contributed by atoms with Crippen LogP contribution in [0, 0.1) is 5.92 Å². The number of phenols is 1. The predicted octanol–water partition coefficient (Wildman–Crippen LogP) is 4.49. The zero-order valence-electron chi connectivity index (χ0n) is 16.2. The lowest BCUT2D eigenvalue weighted by Gasteiger charge is -2.31. The third-order valence-electron chi connectivity index (χ3n) is 4.97. The van der Waals surface area contributed by atoms with Crippen LogP contribution in [0.3, 0.4) is 0 Å². The van der Waals surface area contributed by atoms with Gasteiger partial charge in [0.05, 0.1) is 22.6 Å². The third kappa shape index (κ3) is 3.28. The molecule has 2 heterocycles. The van der Waals surface area contributed by atoms with Crippen LogP contribution in [0.4, 0.5) is 0 Å². The van der Waals surface area contributed by atoms with E-state index in [-0.39, 0.29) is 22.8 Å². The van der Waals surface area contributed by atoms with E-state index in [1.54, 1.807) is 19.1 Å². The normalized spacial score (nSPS) is 17.2. The maximum atomic E-state index is 12.2. The fourth-order valence-corrected chi connectivity index (χ4v) is 3.45. The molecule has 0 spiro atoms. The van der Waals surface area contributed by atoms with Crippen molar-refractivity contribution in [3.8, 4) is 11.5 Å². The van der Waals surface area contributed by atoms with Crippen molar-refractivity contribution in [3.63, 3.8) is 0 Å². The summed E-state index contributed by atoms with van der Waals surface area (Å²) in [6.07, 6.45) is 5.65. The number of aliphatic hydroxyl groups is 1. The Balaban J connectivity index is 2.48. The summed E-state index contributed by atoms with van der Waals surface area (Å²) >= 11 is 0. The van der Waals surface area contributed by atoms with Gasteiger partial charge >= 0.3 is 5.63 Å². The third-order valence-corrected chi connectivity index (χ3v) is 4.97. The van der Waals surface area contributed by atoms with Gasteiger partial charge in [0.1, 0.15) is 17.1 Å². The second-order valence-electron chi connectivity index (χ2n) is 7.63. The number of fused-ring (bicyclic) bond motifs is 3. The first-order valence-electron chi connectivity index (χ1n) is 9.24. The molecule has 0 radical (unpaired) electrons. The number of ether oxygens (including phenoxy) is 1. The summed E-state index contributed by atoms with van der Waals surface area (Å²) in [5.41, 5.74) is 0.550. The summed E-state index contributed by atoms with van der Waals surface area (Å²) < 4.78 is 11.6. The Labute approximate surface area is 158 Å². The van der Waals surface area contributed by atoms with Gasteiger partial charge in [-0.1, -0.05) is 26.3 Å². The van der Waals surface area contributed by atoms with Crippen LogP contribution in [0.1, 0.15) is 56.9 Å². The average Bonchev–Trinajstić information content (AvgIpc) is 2.59. The van der Waals surface area contributed by atoms with Gasteiger partial charge in [-0.2, -0.15) is 0 Å². The van der Waals surface area contributed by atoms with Crippen LogP contribution in [0.15, 0.2) is 34.0 Å². The summed E-state index contributed by atoms with van der Waals surface area (Å²) in [6, 6.07) is 1.46. The number of aromatic hydroxyl groups is 1. The predicted molar refractivity (Wildman–Crippen MR) is 106 cm³/mol. The SMILES string of the molecule is C=C[C@H](C)[C@H](O)c1c(O)c2c(c3c(CCC)cc(=O)oc13)OC(C)(C)C=C2. The van der Waals surface area contributed by atoms with Crippen molar-refractivity contribution in [2.24, 2.45) is 5.92 Å². The molecule has 0 saturated heterocycles. The van der Waals surface area contributed by atoms with Crippen LogP contribution in [-0.4, -0.2) is 15.8 Å². The van der Waals surface area contributed by atoms with Gasteiger partial charge in [-0.15, -0.1) is 6.58 Å². The molecule has 0 fully saturated rings. The maximum absolute atomic E-state index is 12.2. The van der Waals surface area contributed by atoms with E-state index < -0.39 is 17.3 Å². The molecular formula is C22H26O5. The van der Waals surface area contributed by atoms with Crippen molar-refractivity contribution in [2.75, 3.05) is 0 Å². The molecular weight excluding hydrogens is 344 g/mol. The highest BCUT2D eigenvalue weighted by molar-refractivity contribution is 5.96. The first-order valence-corrected chi connectivity index (χ1v) is 9.24. The minimum absolute atomic E-state index is 0.137. The van der Waals surface area contributed by atoms with Gasteiger partial charge in [0.25, 0.3) is 0 Å². The van der Waals surface area contributed by atoms with Gasteiger partial charge in [-0.25, -0.2) is 4.79 Å². The van der Waals surface area contributed by atoms with Crippen LogP contribution < -0.4 is 10.4 Å².